The summed E-state index contributed by atoms with van der Waals surface area (Å²) in [5, 5.41) is 3.44. The maximum atomic E-state index is 12.4. The van der Waals surface area contributed by atoms with Crippen LogP contribution in [0.15, 0.2) is 48.5 Å². The highest BCUT2D eigenvalue weighted by Crippen LogP contribution is 2.31. The van der Waals surface area contributed by atoms with E-state index in [0.29, 0.717) is 23.8 Å². The Balaban J connectivity index is 1.62. The van der Waals surface area contributed by atoms with Gasteiger partial charge in [0.15, 0.2) is 0 Å². The van der Waals surface area contributed by atoms with E-state index in [0.717, 1.165) is 5.56 Å². The number of aryl methyl sites for hydroxylation is 1. The normalized spacial score (nSPS) is 17.2. The van der Waals surface area contributed by atoms with Crippen molar-refractivity contribution in [2.24, 2.45) is 5.92 Å². The minimum Gasteiger partial charge on any atom is -0.352 e. The molecule has 24 heavy (non-hydrogen) atoms. The predicted molar refractivity (Wildman–Crippen MR) is 94.9 cm³/mol. The number of hydrogen-bond donors (Lipinski definition) is 1. The van der Waals surface area contributed by atoms with Crippen LogP contribution in [-0.4, -0.2) is 18.4 Å². The summed E-state index contributed by atoms with van der Waals surface area (Å²) in [4.78, 5) is 26.2. The van der Waals surface area contributed by atoms with E-state index in [1.54, 1.807) is 17.0 Å². The minimum atomic E-state index is -0.348. The highest BCUT2D eigenvalue weighted by molar-refractivity contribution is 6.33. The van der Waals surface area contributed by atoms with Crippen molar-refractivity contribution < 1.29 is 9.59 Å². The second-order valence-electron chi connectivity index (χ2n) is 6.06. The van der Waals surface area contributed by atoms with Gasteiger partial charge in [0.05, 0.1) is 16.6 Å². The molecule has 1 saturated heterocycles. The third-order valence-electron chi connectivity index (χ3n) is 4.23. The van der Waals surface area contributed by atoms with Crippen molar-refractivity contribution in [1.82, 2.24) is 5.32 Å². The van der Waals surface area contributed by atoms with Crippen LogP contribution in [-0.2, 0) is 16.1 Å². The number of nitrogens with one attached hydrogen (secondary N) is 1. The van der Waals surface area contributed by atoms with Gasteiger partial charge in [0.25, 0.3) is 0 Å². The van der Waals surface area contributed by atoms with Gasteiger partial charge in [0.1, 0.15) is 0 Å². The largest absolute Gasteiger partial charge is 0.352 e. The number of anilines is 1. The second-order valence-corrected chi connectivity index (χ2v) is 6.47. The average molecular weight is 343 g/mol. The number of carbonyl (C=O) groups excluding carboxylic acids is 2. The van der Waals surface area contributed by atoms with Crippen molar-refractivity contribution in [3.8, 4) is 0 Å². The maximum absolute atomic E-state index is 12.4. The summed E-state index contributed by atoms with van der Waals surface area (Å²) in [6, 6.07) is 15.2. The number of benzene rings is 2. The molecule has 2 amide bonds. The lowest BCUT2D eigenvalue weighted by atomic mass is 10.1. The molecule has 4 nitrogen and oxygen atoms in total. The molecule has 0 spiro atoms. The van der Waals surface area contributed by atoms with Gasteiger partial charge in [-0.1, -0.05) is 53.6 Å². The Hall–Kier alpha value is -2.33. The number of halogens is 1. The van der Waals surface area contributed by atoms with E-state index in [4.69, 9.17) is 11.6 Å². The second kappa shape index (κ2) is 7.05. The molecule has 0 bridgehead atoms. The standard InChI is InChI=1S/C19H19ClN2O2/c1-13-6-8-14(9-7-13)11-21-19(24)15-10-18(23)22(12-15)17-5-3-2-4-16(17)20/h2-9,15H,10-12H2,1H3,(H,21,24). The van der Waals surface area contributed by atoms with Gasteiger partial charge in [-0.05, 0) is 24.6 Å². The quantitative estimate of drug-likeness (QED) is 0.926. The van der Waals surface area contributed by atoms with Crippen molar-refractivity contribution in [2.75, 3.05) is 11.4 Å². The lowest BCUT2D eigenvalue weighted by Gasteiger charge is -2.18. The summed E-state index contributed by atoms with van der Waals surface area (Å²) >= 11 is 6.16. The van der Waals surface area contributed by atoms with Gasteiger partial charge in [-0.25, -0.2) is 0 Å². The van der Waals surface area contributed by atoms with E-state index in [9.17, 15) is 9.59 Å². The number of amides is 2. The van der Waals surface area contributed by atoms with Gasteiger partial charge < -0.3 is 10.2 Å². The fourth-order valence-electron chi connectivity index (χ4n) is 2.83. The number of para-hydroxylation sites is 1. The zero-order valence-electron chi connectivity index (χ0n) is 13.5. The van der Waals surface area contributed by atoms with Crippen LogP contribution in [0.25, 0.3) is 0 Å². The third-order valence-corrected chi connectivity index (χ3v) is 4.55. The minimum absolute atomic E-state index is 0.0708. The predicted octanol–water partition coefficient (Wildman–Crippen LogP) is 3.32. The monoisotopic (exact) mass is 342 g/mol. The Kier molecular flexibility index (Phi) is 4.86. The summed E-state index contributed by atoms with van der Waals surface area (Å²) in [7, 11) is 0. The fourth-order valence-corrected chi connectivity index (χ4v) is 3.06. The molecule has 0 aliphatic carbocycles. The molecule has 1 unspecified atom stereocenters. The first-order valence-corrected chi connectivity index (χ1v) is 8.30. The molecular formula is C19H19ClN2O2. The zero-order valence-corrected chi connectivity index (χ0v) is 14.2. The molecule has 3 rings (SSSR count). The van der Waals surface area contributed by atoms with Crippen molar-refractivity contribution >= 4 is 29.1 Å². The molecule has 5 heteroatoms. The molecule has 0 radical (unpaired) electrons. The van der Waals surface area contributed by atoms with E-state index < -0.39 is 0 Å². The molecule has 0 saturated carbocycles. The van der Waals surface area contributed by atoms with E-state index >= 15 is 0 Å². The Morgan fingerprint density at radius 2 is 1.92 bits per heavy atom. The molecule has 1 fully saturated rings. The molecular weight excluding hydrogens is 324 g/mol. The molecule has 124 valence electrons. The first kappa shape index (κ1) is 16.5. The van der Waals surface area contributed by atoms with Gasteiger partial charge >= 0.3 is 0 Å². The molecule has 2 aromatic carbocycles. The van der Waals surface area contributed by atoms with Gasteiger partial charge in [-0.2, -0.15) is 0 Å². The van der Waals surface area contributed by atoms with Crippen molar-refractivity contribution in [3.05, 3.63) is 64.7 Å². The highest BCUT2D eigenvalue weighted by atomic mass is 35.5. The first-order chi connectivity index (χ1) is 11.5. The van der Waals surface area contributed by atoms with Crippen LogP contribution in [0.1, 0.15) is 17.5 Å². The molecule has 1 aliphatic heterocycles. The molecule has 1 N–H and O–H groups in total. The Morgan fingerprint density at radius 3 is 2.62 bits per heavy atom. The number of hydrogen-bond acceptors (Lipinski definition) is 2. The van der Waals surface area contributed by atoms with Crippen molar-refractivity contribution in [1.29, 1.82) is 0 Å². The van der Waals surface area contributed by atoms with Crippen molar-refractivity contribution in [2.45, 2.75) is 19.9 Å². The van der Waals surface area contributed by atoms with Crippen LogP contribution in [0.3, 0.4) is 0 Å². The van der Waals surface area contributed by atoms with Crippen LogP contribution in [0, 0.1) is 12.8 Å². The molecule has 1 atom stereocenters. The maximum Gasteiger partial charge on any atom is 0.227 e. The molecule has 1 heterocycles. The fraction of sp³-hybridized carbons (Fsp3) is 0.263. The van der Waals surface area contributed by atoms with Gasteiger partial charge in [-0.3, -0.25) is 9.59 Å². The van der Waals surface area contributed by atoms with E-state index in [2.05, 4.69) is 5.32 Å². The Labute approximate surface area is 146 Å². The zero-order chi connectivity index (χ0) is 17.1. The average Bonchev–Trinajstić information content (AvgIpc) is 2.96. The summed E-state index contributed by atoms with van der Waals surface area (Å²) in [5.74, 6) is -0.517. The third kappa shape index (κ3) is 3.60. The highest BCUT2D eigenvalue weighted by Gasteiger charge is 2.35. The van der Waals surface area contributed by atoms with E-state index in [-0.39, 0.29) is 24.2 Å². The van der Waals surface area contributed by atoms with Crippen LogP contribution in [0.4, 0.5) is 5.69 Å². The topological polar surface area (TPSA) is 49.4 Å². The lowest BCUT2D eigenvalue weighted by molar-refractivity contribution is -0.126. The summed E-state index contributed by atoms with van der Waals surface area (Å²) in [5.41, 5.74) is 2.89. The Bertz CT molecular complexity index is 758. The SMILES string of the molecule is Cc1ccc(CNC(=O)C2CC(=O)N(c3ccccc3Cl)C2)cc1. The first-order valence-electron chi connectivity index (χ1n) is 7.93. The number of carbonyl (C=O) groups is 2. The molecule has 1 aliphatic rings. The number of rotatable bonds is 4. The Morgan fingerprint density at radius 1 is 1.21 bits per heavy atom. The van der Waals surface area contributed by atoms with Gasteiger partial charge in [0, 0.05) is 19.5 Å². The van der Waals surface area contributed by atoms with E-state index in [1.165, 1.54) is 5.56 Å². The summed E-state index contributed by atoms with van der Waals surface area (Å²) in [6.07, 6.45) is 0.213. The van der Waals surface area contributed by atoms with Crippen molar-refractivity contribution in [3.63, 3.8) is 0 Å². The summed E-state index contributed by atoms with van der Waals surface area (Å²) in [6.45, 7) is 2.86. The molecule has 2 aromatic rings. The van der Waals surface area contributed by atoms with Crippen LogP contribution in [0.2, 0.25) is 5.02 Å². The van der Waals surface area contributed by atoms with Crippen LogP contribution in [0.5, 0.6) is 0 Å². The van der Waals surface area contributed by atoms with Gasteiger partial charge in [-0.15, -0.1) is 0 Å². The van der Waals surface area contributed by atoms with Crippen LogP contribution >= 0.6 is 11.6 Å². The molecule has 0 aromatic heterocycles. The number of nitrogens with zero attached hydrogens (tertiary/aromatic N) is 1. The van der Waals surface area contributed by atoms with Gasteiger partial charge in [0.2, 0.25) is 11.8 Å². The van der Waals surface area contributed by atoms with E-state index in [1.807, 2.05) is 43.3 Å². The smallest absolute Gasteiger partial charge is 0.227 e. The lowest BCUT2D eigenvalue weighted by Crippen LogP contribution is -2.32. The van der Waals surface area contributed by atoms with Crippen LogP contribution < -0.4 is 10.2 Å². The summed E-state index contributed by atoms with van der Waals surface area (Å²) < 4.78 is 0.